The van der Waals surface area contributed by atoms with E-state index in [1.807, 2.05) is 4.90 Å². The first kappa shape index (κ1) is 19.3. The Morgan fingerprint density at radius 2 is 1.71 bits per heavy atom. The van der Waals surface area contributed by atoms with Crippen LogP contribution in [0.3, 0.4) is 0 Å². The van der Waals surface area contributed by atoms with E-state index in [1.165, 1.54) is 0 Å². The molecule has 6 heteroatoms. The summed E-state index contributed by atoms with van der Waals surface area (Å²) < 4.78 is 0. The number of halogens is 2. The van der Waals surface area contributed by atoms with Gasteiger partial charge < -0.3 is 10.6 Å². The first-order chi connectivity index (χ1) is 7.15. The molecule has 0 saturated carbocycles. The molecule has 0 radical (unpaired) electrons. The summed E-state index contributed by atoms with van der Waals surface area (Å²) in [5.41, 5.74) is 5.39. The highest BCUT2D eigenvalue weighted by molar-refractivity contribution is 5.85. The zero-order valence-electron chi connectivity index (χ0n) is 10.7. The first-order valence-electron chi connectivity index (χ1n) is 5.87. The van der Waals surface area contributed by atoms with E-state index in [0.717, 1.165) is 32.6 Å². The predicted molar refractivity (Wildman–Crippen MR) is 76.1 cm³/mol. The fraction of sp³-hybridized carbons (Fsp3) is 0.909. The highest BCUT2D eigenvalue weighted by Crippen LogP contribution is 2.07. The third-order valence-electron chi connectivity index (χ3n) is 2.99. The van der Waals surface area contributed by atoms with Gasteiger partial charge in [-0.25, -0.2) is 0 Å². The quantitative estimate of drug-likeness (QED) is 0.842. The summed E-state index contributed by atoms with van der Waals surface area (Å²) in [5, 5.41) is 0. The Morgan fingerprint density at radius 1 is 1.18 bits per heavy atom. The van der Waals surface area contributed by atoms with Gasteiger partial charge in [-0.2, -0.15) is 0 Å². The van der Waals surface area contributed by atoms with Crippen LogP contribution in [0, 0.1) is 0 Å². The van der Waals surface area contributed by atoms with Crippen LogP contribution in [-0.4, -0.2) is 54.5 Å². The van der Waals surface area contributed by atoms with E-state index in [1.54, 1.807) is 0 Å². The maximum absolute atomic E-state index is 11.7. The van der Waals surface area contributed by atoms with Gasteiger partial charge in [0, 0.05) is 38.6 Å². The van der Waals surface area contributed by atoms with Gasteiger partial charge in [0.25, 0.3) is 0 Å². The van der Waals surface area contributed by atoms with Crippen LogP contribution in [-0.2, 0) is 4.79 Å². The standard InChI is InChI=1S/C11H23N3O.2ClH/c1-10(2)13-6-8-14(9-7-13)11(15)4-3-5-12;;/h10H,3-9,12H2,1-2H3;2*1H. The minimum Gasteiger partial charge on any atom is -0.340 e. The van der Waals surface area contributed by atoms with Gasteiger partial charge in [0.2, 0.25) is 5.91 Å². The maximum atomic E-state index is 11.7. The summed E-state index contributed by atoms with van der Waals surface area (Å²) in [6.45, 7) is 8.77. The number of hydrogen-bond acceptors (Lipinski definition) is 3. The average molecular weight is 286 g/mol. The monoisotopic (exact) mass is 285 g/mol. The molecule has 1 rings (SSSR count). The summed E-state index contributed by atoms with van der Waals surface area (Å²) in [4.78, 5) is 16.1. The second-order valence-corrected chi connectivity index (χ2v) is 4.40. The van der Waals surface area contributed by atoms with Crippen molar-refractivity contribution in [2.24, 2.45) is 5.73 Å². The van der Waals surface area contributed by atoms with E-state index in [0.29, 0.717) is 19.0 Å². The molecule has 1 aliphatic heterocycles. The Morgan fingerprint density at radius 3 is 2.12 bits per heavy atom. The summed E-state index contributed by atoms with van der Waals surface area (Å²) in [6, 6.07) is 0.589. The number of piperazine rings is 1. The van der Waals surface area contributed by atoms with Crippen molar-refractivity contribution in [2.45, 2.75) is 32.7 Å². The van der Waals surface area contributed by atoms with Crippen molar-refractivity contribution in [3.05, 3.63) is 0 Å². The van der Waals surface area contributed by atoms with Crippen molar-refractivity contribution in [1.82, 2.24) is 9.80 Å². The van der Waals surface area contributed by atoms with Crippen LogP contribution in [0.2, 0.25) is 0 Å². The fourth-order valence-corrected chi connectivity index (χ4v) is 1.90. The third kappa shape index (κ3) is 6.46. The van der Waals surface area contributed by atoms with Crippen LogP contribution < -0.4 is 5.73 Å². The molecule has 0 aromatic heterocycles. The van der Waals surface area contributed by atoms with Crippen molar-refractivity contribution < 1.29 is 4.79 Å². The Bertz CT molecular complexity index is 207. The predicted octanol–water partition coefficient (Wildman–Crippen LogP) is 1.12. The lowest BCUT2D eigenvalue weighted by atomic mass is 10.2. The molecule has 0 spiro atoms. The van der Waals surface area contributed by atoms with E-state index in [4.69, 9.17) is 5.73 Å². The summed E-state index contributed by atoms with van der Waals surface area (Å²) in [5.74, 6) is 0.267. The van der Waals surface area contributed by atoms with Gasteiger partial charge in [0.1, 0.15) is 0 Å². The van der Waals surface area contributed by atoms with Gasteiger partial charge in [-0.15, -0.1) is 24.8 Å². The molecule has 0 aliphatic carbocycles. The first-order valence-corrected chi connectivity index (χ1v) is 5.87. The maximum Gasteiger partial charge on any atom is 0.222 e. The molecule has 0 aromatic rings. The summed E-state index contributed by atoms with van der Waals surface area (Å²) in [7, 11) is 0. The smallest absolute Gasteiger partial charge is 0.222 e. The van der Waals surface area contributed by atoms with Gasteiger partial charge in [0.05, 0.1) is 0 Å². The topological polar surface area (TPSA) is 49.6 Å². The molecule has 0 bridgehead atoms. The van der Waals surface area contributed by atoms with Crippen molar-refractivity contribution in [3.63, 3.8) is 0 Å². The van der Waals surface area contributed by atoms with Gasteiger partial charge >= 0.3 is 0 Å². The molecule has 0 atom stereocenters. The summed E-state index contributed by atoms with van der Waals surface area (Å²) in [6.07, 6.45) is 1.42. The molecule has 1 heterocycles. The number of nitrogens with zero attached hydrogens (tertiary/aromatic N) is 2. The normalized spacial score (nSPS) is 16.4. The van der Waals surface area contributed by atoms with E-state index >= 15 is 0 Å². The lowest BCUT2D eigenvalue weighted by Crippen LogP contribution is -2.50. The number of amides is 1. The molecule has 104 valence electrons. The number of rotatable bonds is 4. The minimum absolute atomic E-state index is 0. The Balaban J connectivity index is 0. The second-order valence-electron chi connectivity index (χ2n) is 4.40. The average Bonchev–Trinajstić information content (AvgIpc) is 2.26. The largest absolute Gasteiger partial charge is 0.340 e. The van der Waals surface area contributed by atoms with E-state index < -0.39 is 0 Å². The molecule has 2 N–H and O–H groups in total. The number of nitrogens with two attached hydrogens (primary N) is 1. The van der Waals surface area contributed by atoms with Gasteiger partial charge in [0.15, 0.2) is 0 Å². The lowest BCUT2D eigenvalue weighted by Gasteiger charge is -2.37. The lowest BCUT2D eigenvalue weighted by molar-refractivity contribution is -0.133. The zero-order chi connectivity index (χ0) is 11.3. The number of hydrogen-bond donors (Lipinski definition) is 1. The number of carbonyl (C=O) groups is 1. The minimum atomic E-state index is 0. The number of carbonyl (C=O) groups excluding carboxylic acids is 1. The zero-order valence-corrected chi connectivity index (χ0v) is 12.4. The van der Waals surface area contributed by atoms with Crippen molar-refractivity contribution in [1.29, 1.82) is 0 Å². The van der Waals surface area contributed by atoms with E-state index in [-0.39, 0.29) is 30.7 Å². The van der Waals surface area contributed by atoms with Crippen LogP contribution >= 0.6 is 24.8 Å². The Kier molecular flexibility index (Phi) is 11.3. The molecular formula is C11H25Cl2N3O. The summed E-state index contributed by atoms with van der Waals surface area (Å²) >= 11 is 0. The van der Waals surface area contributed by atoms with Gasteiger partial charge in [-0.3, -0.25) is 9.69 Å². The highest BCUT2D eigenvalue weighted by atomic mass is 35.5. The van der Waals surface area contributed by atoms with Crippen molar-refractivity contribution in [2.75, 3.05) is 32.7 Å². The molecule has 0 unspecified atom stereocenters. The van der Waals surface area contributed by atoms with Crippen LogP contribution in [0.15, 0.2) is 0 Å². The molecule has 17 heavy (non-hydrogen) atoms. The SMILES string of the molecule is CC(C)N1CCN(C(=O)CCCN)CC1.Cl.Cl. The molecule has 1 amide bonds. The second kappa shape index (κ2) is 9.95. The van der Waals surface area contributed by atoms with Gasteiger partial charge in [-0.1, -0.05) is 0 Å². The van der Waals surface area contributed by atoms with Crippen LogP contribution in [0.4, 0.5) is 0 Å². The third-order valence-corrected chi connectivity index (χ3v) is 2.99. The molecule has 1 saturated heterocycles. The van der Waals surface area contributed by atoms with E-state index in [9.17, 15) is 4.79 Å². The fourth-order valence-electron chi connectivity index (χ4n) is 1.90. The van der Waals surface area contributed by atoms with Crippen LogP contribution in [0.1, 0.15) is 26.7 Å². The van der Waals surface area contributed by atoms with Crippen molar-refractivity contribution >= 4 is 30.7 Å². The highest BCUT2D eigenvalue weighted by Gasteiger charge is 2.21. The molecule has 1 fully saturated rings. The van der Waals surface area contributed by atoms with E-state index in [2.05, 4.69) is 18.7 Å². The van der Waals surface area contributed by atoms with Gasteiger partial charge in [-0.05, 0) is 26.8 Å². The Hall–Kier alpha value is -0.0300. The molecule has 0 aromatic carbocycles. The van der Waals surface area contributed by atoms with Crippen molar-refractivity contribution in [3.8, 4) is 0 Å². The van der Waals surface area contributed by atoms with Crippen LogP contribution in [0.5, 0.6) is 0 Å². The molecular weight excluding hydrogens is 261 g/mol. The molecule has 4 nitrogen and oxygen atoms in total. The molecule has 1 aliphatic rings. The Labute approximate surface area is 117 Å². The van der Waals surface area contributed by atoms with Crippen LogP contribution in [0.25, 0.3) is 0 Å².